The highest BCUT2D eigenvalue weighted by Gasteiger charge is 2.39. The van der Waals surface area contributed by atoms with Crippen LogP contribution in [-0.2, 0) is 19.6 Å². The van der Waals surface area contributed by atoms with Gasteiger partial charge in [-0.3, -0.25) is 4.79 Å². The van der Waals surface area contributed by atoms with Gasteiger partial charge in [0, 0.05) is 19.1 Å². The van der Waals surface area contributed by atoms with Crippen molar-refractivity contribution in [3.8, 4) is 0 Å². The van der Waals surface area contributed by atoms with E-state index >= 15 is 0 Å². The van der Waals surface area contributed by atoms with E-state index in [9.17, 15) is 18.0 Å². The lowest BCUT2D eigenvalue weighted by Gasteiger charge is -2.33. The molecule has 20 heavy (non-hydrogen) atoms. The molecule has 0 radical (unpaired) electrons. The van der Waals surface area contributed by atoms with Crippen molar-refractivity contribution in [1.29, 1.82) is 0 Å². The largest absolute Gasteiger partial charge is 0.439 e. The zero-order valence-corrected chi connectivity index (χ0v) is 12.4. The Balaban J connectivity index is 1.92. The number of unbranched alkanes of at least 4 members (excludes halogenated alkanes) is 1. The van der Waals surface area contributed by atoms with E-state index in [0.717, 1.165) is 11.3 Å². The number of nitrogens with zero attached hydrogens (tertiary/aromatic N) is 2. The van der Waals surface area contributed by atoms with Crippen molar-refractivity contribution < 1.29 is 22.7 Å². The van der Waals surface area contributed by atoms with Gasteiger partial charge in [-0.25, -0.2) is 22.4 Å². The molecule has 2 amide bonds. The summed E-state index contributed by atoms with van der Waals surface area (Å²) in [6, 6.07) is -0.241. The Labute approximate surface area is 118 Å². The lowest BCUT2D eigenvalue weighted by molar-refractivity contribution is -0.127. The number of cyclic esters (lactones) is 1. The van der Waals surface area contributed by atoms with Crippen LogP contribution in [0.2, 0.25) is 0 Å². The summed E-state index contributed by atoms with van der Waals surface area (Å²) in [7, 11) is -3.21. The molecular formula is C12H20N2O5S. The number of carbonyl (C=O) groups excluding carboxylic acids is 2. The zero-order valence-electron chi connectivity index (χ0n) is 11.6. The summed E-state index contributed by atoms with van der Waals surface area (Å²) in [6.45, 7) is 2.46. The van der Waals surface area contributed by atoms with Crippen molar-refractivity contribution in [3.63, 3.8) is 0 Å². The summed E-state index contributed by atoms with van der Waals surface area (Å²) in [5.74, 6) is -0.166. The quantitative estimate of drug-likeness (QED) is 0.741. The van der Waals surface area contributed by atoms with Crippen LogP contribution in [0.4, 0.5) is 4.79 Å². The molecule has 0 aliphatic carbocycles. The number of ether oxygens (including phenoxy) is 1. The van der Waals surface area contributed by atoms with Crippen molar-refractivity contribution in [2.45, 2.75) is 38.6 Å². The van der Waals surface area contributed by atoms with E-state index in [1.54, 1.807) is 0 Å². The topological polar surface area (TPSA) is 84.0 Å². The van der Waals surface area contributed by atoms with Gasteiger partial charge in [-0.05, 0) is 19.3 Å². The average molecular weight is 304 g/mol. The number of hydrogen-bond acceptors (Lipinski definition) is 5. The molecule has 0 aromatic rings. The van der Waals surface area contributed by atoms with Crippen LogP contribution in [0, 0.1) is 0 Å². The van der Waals surface area contributed by atoms with Crippen molar-refractivity contribution >= 4 is 22.0 Å². The van der Waals surface area contributed by atoms with E-state index in [1.807, 2.05) is 6.92 Å². The Morgan fingerprint density at radius 3 is 2.40 bits per heavy atom. The number of carbonyl (C=O) groups is 2. The van der Waals surface area contributed by atoms with E-state index < -0.39 is 16.1 Å². The molecule has 7 nitrogen and oxygen atoms in total. The van der Waals surface area contributed by atoms with Gasteiger partial charge in [-0.1, -0.05) is 13.3 Å². The summed E-state index contributed by atoms with van der Waals surface area (Å²) in [6.07, 6.45) is 1.84. The third-order valence-electron chi connectivity index (χ3n) is 3.72. The molecule has 2 rings (SSSR count). The van der Waals surface area contributed by atoms with Crippen molar-refractivity contribution in [3.05, 3.63) is 0 Å². The smallest absolute Gasteiger partial charge is 0.417 e. The predicted octanol–water partition coefficient (Wildman–Crippen LogP) is 0.560. The summed E-state index contributed by atoms with van der Waals surface area (Å²) < 4.78 is 30.3. The molecular weight excluding hydrogens is 284 g/mol. The first-order valence-corrected chi connectivity index (χ1v) is 8.53. The third kappa shape index (κ3) is 3.12. The Kier molecular flexibility index (Phi) is 4.64. The molecule has 0 atom stereocenters. The number of piperidine rings is 1. The van der Waals surface area contributed by atoms with Crippen LogP contribution >= 0.6 is 0 Å². The highest BCUT2D eigenvalue weighted by molar-refractivity contribution is 7.89. The van der Waals surface area contributed by atoms with Gasteiger partial charge >= 0.3 is 6.09 Å². The van der Waals surface area contributed by atoms with Crippen molar-refractivity contribution in [1.82, 2.24) is 9.21 Å². The van der Waals surface area contributed by atoms with E-state index in [-0.39, 0.29) is 24.3 Å². The van der Waals surface area contributed by atoms with Crippen LogP contribution in [0.5, 0.6) is 0 Å². The van der Waals surface area contributed by atoms with E-state index in [2.05, 4.69) is 4.74 Å². The molecule has 0 aromatic carbocycles. The molecule has 0 bridgehead atoms. The van der Waals surface area contributed by atoms with Gasteiger partial charge in [0.05, 0.1) is 5.75 Å². The van der Waals surface area contributed by atoms with Gasteiger partial charge in [0.25, 0.3) is 5.91 Å². The molecule has 2 saturated heterocycles. The second-order valence-electron chi connectivity index (χ2n) is 5.12. The maximum atomic E-state index is 12.1. The first kappa shape index (κ1) is 15.2. The summed E-state index contributed by atoms with van der Waals surface area (Å²) >= 11 is 0. The standard InChI is InChI=1S/C12H20N2O5S/c1-2-3-8-20(17,18)13-6-4-10(5-7-13)14-11(15)9-19-12(14)16/h10H,2-9H2,1H3. The fraction of sp³-hybridized carbons (Fsp3) is 0.833. The highest BCUT2D eigenvalue weighted by Crippen LogP contribution is 2.22. The average Bonchev–Trinajstić information content (AvgIpc) is 2.76. The van der Waals surface area contributed by atoms with Gasteiger partial charge in [-0.2, -0.15) is 0 Å². The minimum atomic E-state index is -3.21. The molecule has 2 aliphatic rings. The van der Waals surface area contributed by atoms with E-state index in [0.29, 0.717) is 32.4 Å². The Hall–Kier alpha value is -1.15. The normalized spacial score (nSPS) is 22.4. The first-order valence-electron chi connectivity index (χ1n) is 6.92. The molecule has 0 aromatic heterocycles. The van der Waals surface area contributed by atoms with Crippen molar-refractivity contribution in [2.75, 3.05) is 25.4 Å². The van der Waals surface area contributed by atoms with Gasteiger partial charge in [-0.15, -0.1) is 0 Å². The maximum absolute atomic E-state index is 12.1. The Morgan fingerprint density at radius 1 is 1.25 bits per heavy atom. The fourth-order valence-electron chi connectivity index (χ4n) is 2.55. The monoisotopic (exact) mass is 304 g/mol. The molecule has 0 unspecified atom stereocenters. The second kappa shape index (κ2) is 6.09. The van der Waals surface area contributed by atoms with E-state index in [4.69, 9.17) is 0 Å². The van der Waals surface area contributed by atoms with Gasteiger partial charge in [0.2, 0.25) is 10.0 Å². The first-order chi connectivity index (χ1) is 9.45. The van der Waals surface area contributed by atoms with E-state index in [1.165, 1.54) is 4.31 Å². The Morgan fingerprint density at radius 2 is 1.90 bits per heavy atom. The number of rotatable bonds is 5. The van der Waals surface area contributed by atoms with Crippen LogP contribution in [-0.4, -0.2) is 61.1 Å². The van der Waals surface area contributed by atoms with Crippen LogP contribution in [0.1, 0.15) is 32.6 Å². The number of hydrogen-bond donors (Lipinski definition) is 0. The third-order valence-corrected chi connectivity index (χ3v) is 5.68. The fourth-order valence-corrected chi connectivity index (χ4v) is 4.23. The van der Waals surface area contributed by atoms with Gasteiger partial charge in [0.1, 0.15) is 0 Å². The molecule has 2 aliphatic heterocycles. The predicted molar refractivity (Wildman–Crippen MR) is 71.5 cm³/mol. The van der Waals surface area contributed by atoms with Crippen LogP contribution < -0.4 is 0 Å². The molecule has 0 N–H and O–H groups in total. The molecule has 0 saturated carbocycles. The zero-order chi connectivity index (χ0) is 14.8. The minimum absolute atomic E-state index is 0.166. The van der Waals surface area contributed by atoms with Gasteiger partial charge < -0.3 is 4.74 Å². The van der Waals surface area contributed by atoms with Crippen molar-refractivity contribution in [2.24, 2.45) is 0 Å². The summed E-state index contributed by atoms with van der Waals surface area (Å²) in [5, 5.41) is 0. The molecule has 2 heterocycles. The molecule has 8 heteroatoms. The molecule has 0 spiro atoms. The minimum Gasteiger partial charge on any atom is -0.439 e. The molecule has 2 fully saturated rings. The van der Waals surface area contributed by atoms with Crippen LogP contribution in [0.25, 0.3) is 0 Å². The highest BCUT2D eigenvalue weighted by atomic mass is 32.2. The second-order valence-corrected chi connectivity index (χ2v) is 7.21. The SMILES string of the molecule is CCCCS(=O)(=O)N1CCC(N2C(=O)COC2=O)CC1. The van der Waals surface area contributed by atoms with Crippen LogP contribution in [0.3, 0.4) is 0 Å². The number of amides is 2. The lowest BCUT2D eigenvalue weighted by Crippen LogP contribution is -2.48. The number of imide groups is 1. The van der Waals surface area contributed by atoms with Gasteiger partial charge in [0.15, 0.2) is 6.61 Å². The lowest BCUT2D eigenvalue weighted by atomic mass is 10.1. The maximum Gasteiger partial charge on any atom is 0.417 e. The Bertz CT molecular complexity index is 466. The summed E-state index contributed by atoms with van der Waals surface area (Å²) in [4.78, 5) is 24.1. The molecule has 114 valence electrons. The summed E-state index contributed by atoms with van der Waals surface area (Å²) in [5.41, 5.74) is 0. The van der Waals surface area contributed by atoms with Crippen LogP contribution in [0.15, 0.2) is 0 Å². The number of sulfonamides is 1.